The number of carbonyl (C=O) groups is 1. The van der Waals surface area contributed by atoms with E-state index in [1.807, 2.05) is 12.1 Å². The van der Waals surface area contributed by atoms with Crippen LogP contribution in [0.5, 0.6) is 0 Å². The molecule has 1 aromatic carbocycles. The summed E-state index contributed by atoms with van der Waals surface area (Å²) in [6.45, 7) is 0. The average molecular weight is 324 g/mol. The van der Waals surface area contributed by atoms with Crippen molar-refractivity contribution in [2.75, 3.05) is 7.11 Å². The Morgan fingerprint density at radius 3 is 2.50 bits per heavy atom. The zero-order valence-electron chi connectivity index (χ0n) is 12.3. The minimum absolute atomic E-state index is 0.112. The zero-order chi connectivity index (χ0) is 16.2. The highest BCUT2D eigenvalue weighted by Gasteiger charge is 2.46. The molecule has 0 bridgehead atoms. The van der Waals surface area contributed by atoms with E-state index in [1.165, 1.54) is 0 Å². The van der Waals surface area contributed by atoms with E-state index < -0.39 is 17.4 Å². The van der Waals surface area contributed by atoms with Crippen LogP contribution in [-0.4, -0.2) is 30.3 Å². The smallest absolute Gasteiger partial charge is 0.313 e. The first-order chi connectivity index (χ1) is 10.5. The van der Waals surface area contributed by atoms with Crippen molar-refractivity contribution in [2.45, 2.75) is 43.2 Å². The van der Waals surface area contributed by atoms with Gasteiger partial charge in [-0.15, -0.1) is 0 Å². The van der Waals surface area contributed by atoms with E-state index in [1.54, 1.807) is 19.2 Å². The molecular weight excluding hydrogens is 306 g/mol. The fraction of sp³-hybridized carbons (Fsp3) is 0.533. The first-order valence-corrected chi connectivity index (χ1v) is 7.47. The van der Waals surface area contributed by atoms with Gasteiger partial charge in [0.2, 0.25) is 0 Å². The fourth-order valence-corrected chi connectivity index (χ4v) is 3.42. The number of halogens is 1. The van der Waals surface area contributed by atoms with Gasteiger partial charge in [-0.25, -0.2) is 0 Å². The van der Waals surface area contributed by atoms with Crippen LogP contribution in [0.3, 0.4) is 0 Å². The fourth-order valence-electron chi connectivity index (χ4n) is 3.29. The highest BCUT2D eigenvalue weighted by Crippen LogP contribution is 2.44. The number of nitrogens with zero attached hydrogens (tertiary/aromatic N) is 3. The largest absolute Gasteiger partial charge is 0.481 e. The lowest BCUT2D eigenvalue weighted by atomic mass is 9.64. The van der Waals surface area contributed by atoms with Crippen LogP contribution in [0.4, 0.5) is 0 Å². The monoisotopic (exact) mass is 323 g/mol. The molecule has 1 aliphatic rings. The summed E-state index contributed by atoms with van der Waals surface area (Å²) in [6, 6.07) is 5.96. The molecule has 6 nitrogen and oxygen atoms in total. The minimum atomic E-state index is -1.14. The first kappa shape index (κ1) is 16.6. The van der Waals surface area contributed by atoms with Crippen molar-refractivity contribution in [2.24, 2.45) is 5.11 Å². The highest BCUT2D eigenvalue weighted by atomic mass is 35.5. The van der Waals surface area contributed by atoms with E-state index in [4.69, 9.17) is 21.9 Å². The van der Waals surface area contributed by atoms with Crippen LogP contribution in [0.25, 0.3) is 10.4 Å². The van der Waals surface area contributed by atoms with E-state index in [0.717, 1.165) is 18.4 Å². The number of carboxylic acids is 1. The van der Waals surface area contributed by atoms with Crippen LogP contribution in [0.2, 0.25) is 5.02 Å². The number of azide groups is 1. The highest BCUT2D eigenvalue weighted by molar-refractivity contribution is 6.30. The Morgan fingerprint density at radius 1 is 1.45 bits per heavy atom. The van der Waals surface area contributed by atoms with Gasteiger partial charge in [0, 0.05) is 22.5 Å². The maximum absolute atomic E-state index is 11.7. The molecule has 0 amide bonds. The van der Waals surface area contributed by atoms with Gasteiger partial charge in [-0.05, 0) is 48.9 Å². The molecule has 0 radical (unpaired) electrons. The second-order valence-electron chi connectivity index (χ2n) is 5.54. The SMILES string of the molecule is CO[C@H]1CC[C@](c2ccc(Cl)cc2)([C@H](N=[N+]=[N-])C(=O)O)CC1. The molecule has 1 aliphatic carbocycles. The zero-order valence-corrected chi connectivity index (χ0v) is 13.0. The topological polar surface area (TPSA) is 95.3 Å². The average Bonchev–Trinajstić information content (AvgIpc) is 2.53. The van der Waals surface area contributed by atoms with Crippen molar-refractivity contribution in [1.82, 2.24) is 0 Å². The third-order valence-electron chi connectivity index (χ3n) is 4.50. The van der Waals surface area contributed by atoms with Crippen molar-refractivity contribution in [3.8, 4) is 0 Å². The van der Waals surface area contributed by atoms with Crippen LogP contribution in [0.1, 0.15) is 31.2 Å². The van der Waals surface area contributed by atoms with Gasteiger partial charge in [0.1, 0.15) is 6.04 Å². The number of hydrogen-bond donors (Lipinski definition) is 1. The molecule has 0 saturated heterocycles. The molecule has 1 atom stereocenters. The molecule has 0 heterocycles. The van der Waals surface area contributed by atoms with Gasteiger partial charge in [-0.2, -0.15) is 0 Å². The number of hydrogen-bond acceptors (Lipinski definition) is 3. The Bertz CT molecular complexity index is 574. The van der Waals surface area contributed by atoms with E-state index in [2.05, 4.69) is 10.0 Å². The first-order valence-electron chi connectivity index (χ1n) is 7.09. The van der Waals surface area contributed by atoms with Crippen molar-refractivity contribution in [1.29, 1.82) is 0 Å². The van der Waals surface area contributed by atoms with E-state index >= 15 is 0 Å². The Labute approximate surface area is 133 Å². The molecular formula is C15H18ClN3O3. The standard InChI is InChI=1S/C15H18ClN3O3/c1-22-12-6-8-15(9-7-12,13(14(20)21)18-19-17)10-2-4-11(16)5-3-10/h2-5,12-13H,6-9H2,1H3,(H,20,21)/t12-,13-,15-/m1/s1. The molecule has 118 valence electrons. The van der Waals surface area contributed by atoms with Crippen molar-refractivity contribution < 1.29 is 14.6 Å². The quantitative estimate of drug-likeness (QED) is 0.505. The Balaban J connectivity index is 2.46. The second kappa shape index (κ2) is 7.01. The van der Waals surface area contributed by atoms with Gasteiger partial charge in [-0.3, -0.25) is 4.79 Å². The van der Waals surface area contributed by atoms with Gasteiger partial charge < -0.3 is 9.84 Å². The summed E-state index contributed by atoms with van der Waals surface area (Å²) in [5, 5.41) is 13.7. The van der Waals surface area contributed by atoms with E-state index in [0.29, 0.717) is 17.9 Å². The lowest BCUT2D eigenvalue weighted by Gasteiger charge is -2.42. The Morgan fingerprint density at radius 2 is 2.05 bits per heavy atom. The summed E-state index contributed by atoms with van der Waals surface area (Å²) < 4.78 is 5.37. The summed E-state index contributed by atoms with van der Waals surface area (Å²) >= 11 is 5.93. The van der Waals surface area contributed by atoms with E-state index in [9.17, 15) is 9.90 Å². The number of aliphatic carboxylic acids is 1. The summed E-state index contributed by atoms with van der Waals surface area (Å²) in [6.07, 6.45) is 2.74. The summed E-state index contributed by atoms with van der Waals surface area (Å²) in [4.78, 5) is 14.4. The predicted octanol–water partition coefficient (Wildman–Crippen LogP) is 3.93. The van der Waals surface area contributed by atoms with Crippen LogP contribution in [-0.2, 0) is 14.9 Å². The minimum Gasteiger partial charge on any atom is -0.481 e. The molecule has 1 saturated carbocycles. The molecule has 7 heteroatoms. The maximum Gasteiger partial charge on any atom is 0.313 e. The van der Waals surface area contributed by atoms with Gasteiger partial charge in [0.05, 0.1) is 6.10 Å². The number of carboxylic acid groups (broad SMARTS) is 1. The molecule has 2 rings (SSSR count). The van der Waals surface area contributed by atoms with Crippen molar-refractivity contribution in [3.63, 3.8) is 0 Å². The lowest BCUT2D eigenvalue weighted by molar-refractivity contribution is -0.141. The van der Waals surface area contributed by atoms with Crippen LogP contribution in [0, 0.1) is 0 Å². The third-order valence-corrected chi connectivity index (χ3v) is 4.75. The van der Waals surface area contributed by atoms with Gasteiger partial charge in [0.25, 0.3) is 0 Å². The van der Waals surface area contributed by atoms with Gasteiger partial charge in [0.15, 0.2) is 0 Å². The van der Waals surface area contributed by atoms with Crippen LogP contribution in [0.15, 0.2) is 29.4 Å². The van der Waals surface area contributed by atoms with Crippen molar-refractivity contribution in [3.05, 3.63) is 45.3 Å². The Kier molecular flexibility index (Phi) is 5.29. The van der Waals surface area contributed by atoms with Gasteiger partial charge in [-0.1, -0.05) is 28.8 Å². The number of ether oxygens (including phenoxy) is 1. The number of rotatable bonds is 5. The normalized spacial score (nSPS) is 26.0. The molecule has 1 N–H and O–H groups in total. The summed E-state index contributed by atoms with van der Waals surface area (Å²) in [5.41, 5.74) is 8.88. The number of methoxy groups -OCH3 is 1. The Hall–Kier alpha value is -1.75. The van der Waals surface area contributed by atoms with E-state index in [-0.39, 0.29) is 6.10 Å². The lowest BCUT2D eigenvalue weighted by Crippen LogP contribution is -2.46. The molecule has 0 spiro atoms. The van der Waals surface area contributed by atoms with Crippen LogP contribution < -0.4 is 0 Å². The summed E-state index contributed by atoms with van der Waals surface area (Å²) in [7, 11) is 1.65. The molecule has 22 heavy (non-hydrogen) atoms. The number of benzene rings is 1. The molecule has 1 aromatic rings. The molecule has 0 unspecified atom stereocenters. The predicted molar refractivity (Wildman–Crippen MR) is 83.0 cm³/mol. The summed E-state index contributed by atoms with van der Waals surface area (Å²) in [5.74, 6) is -1.11. The van der Waals surface area contributed by atoms with Crippen LogP contribution >= 0.6 is 11.6 Å². The van der Waals surface area contributed by atoms with Gasteiger partial charge >= 0.3 is 5.97 Å². The molecule has 0 aromatic heterocycles. The maximum atomic E-state index is 11.7. The molecule has 0 aliphatic heterocycles. The second-order valence-corrected chi connectivity index (χ2v) is 5.98. The molecule has 1 fully saturated rings. The third kappa shape index (κ3) is 3.19. The van der Waals surface area contributed by atoms with Crippen molar-refractivity contribution >= 4 is 17.6 Å².